The van der Waals surface area contributed by atoms with Crippen molar-refractivity contribution in [2.24, 2.45) is 0 Å². The van der Waals surface area contributed by atoms with Gasteiger partial charge in [0.1, 0.15) is 0 Å². The smallest absolute Gasteiger partial charge is 0.320 e. The summed E-state index contributed by atoms with van der Waals surface area (Å²) >= 11 is 0. The quantitative estimate of drug-likeness (QED) is 0.756. The summed E-state index contributed by atoms with van der Waals surface area (Å²) in [6.07, 6.45) is 2.87. The van der Waals surface area contributed by atoms with Crippen LogP contribution in [0.1, 0.15) is 34.1 Å². The van der Waals surface area contributed by atoms with Crippen LogP contribution in [0.3, 0.4) is 0 Å². The average Bonchev–Trinajstić information content (AvgIpc) is 2.56. The lowest BCUT2D eigenvalue weighted by atomic mass is 9.87. The van der Waals surface area contributed by atoms with Crippen molar-refractivity contribution < 1.29 is 9.00 Å². The third-order valence-corrected chi connectivity index (χ3v) is 6.14. The Bertz CT molecular complexity index is 426. The number of hydrogen-bond acceptors (Lipinski definition) is 3. The van der Waals surface area contributed by atoms with Crippen molar-refractivity contribution >= 4 is 17.0 Å². The number of carbonyl (C=O) groups is 1. The highest BCUT2D eigenvalue weighted by atomic mass is 32.2. The van der Waals surface area contributed by atoms with E-state index in [4.69, 9.17) is 0 Å². The van der Waals surface area contributed by atoms with Crippen LogP contribution in [0.25, 0.3) is 0 Å². The summed E-state index contributed by atoms with van der Waals surface area (Å²) < 4.78 is 13.4. The second kappa shape index (κ2) is 7.94. The molecule has 0 aromatic carbocycles. The molecule has 2 bridgehead atoms. The SMILES string of the molecule is CC.CC(C)N1CC2CC(C1)N2C(=O)N1CCN(S(C)=O)CC1. The lowest BCUT2D eigenvalue weighted by Crippen LogP contribution is -2.73. The summed E-state index contributed by atoms with van der Waals surface area (Å²) in [5, 5.41) is 0. The van der Waals surface area contributed by atoms with E-state index in [1.165, 1.54) is 0 Å². The van der Waals surface area contributed by atoms with Gasteiger partial charge in [-0.15, -0.1) is 0 Å². The number of amides is 2. The van der Waals surface area contributed by atoms with E-state index < -0.39 is 11.0 Å². The molecule has 4 aliphatic heterocycles. The number of urea groups is 1. The molecule has 0 spiro atoms. The molecular formula is C16H32N4O2S. The largest absolute Gasteiger partial charge is 0.322 e. The van der Waals surface area contributed by atoms with Gasteiger partial charge in [0.2, 0.25) is 0 Å². The van der Waals surface area contributed by atoms with Crippen molar-refractivity contribution in [1.29, 1.82) is 0 Å². The highest BCUT2D eigenvalue weighted by Crippen LogP contribution is 2.34. The van der Waals surface area contributed by atoms with Gasteiger partial charge in [-0.05, 0) is 20.3 Å². The summed E-state index contributed by atoms with van der Waals surface area (Å²) in [5.74, 6) is 0. The molecule has 4 rings (SSSR count). The van der Waals surface area contributed by atoms with Gasteiger partial charge in [0.25, 0.3) is 0 Å². The second-order valence-electron chi connectivity index (χ2n) is 6.62. The van der Waals surface area contributed by atoms with E-state index in [-0.39, 0.29) is 6.03 Å². The first-order valence-corrected chi connectivity index (χ1v) is 10.4. The van der Waals surface area contributed by atoms with Gasteiger partial charge in [0.15, 0.2) is 0 Å². The first-order chi connectivity index (χ1) is 11.0. The Morgan fingerprint density at radius 1 is 1.04 bits per heavy atom. The molecule has 3 atom stereocenters. The highest BCUT2D eigenvalue weighted by molar-refractivity contribution is 7.81. The van der Waals surface area contributed by atoms with E-state index >= 15 is 0 Å². The van der Waals surface area contributed by atoms with Gasteiger partial charge in [0, 0.05) is 63.6 Å². The first kappa shape index (κ1) is 18.7. The first-order valence-electron chi connectivity index (χ1n) is 8.87. The van der Waals surface area contributed by atoms with E-state index in [0.29, 0.717) is 31.2 Å². The normalized spacial score (nSPS) is 29.7. The summed E-state index contributed by atoms with van der Waals surface area (Å²) in [6, 6.07) is 1.56. The monoisotopic (exact) mass is 344 g/mol. The summed E-state index contributed by atoms with van der Waals surface area (Å²) in [4.78, 5) is 19.2. The van der Waals surface area contributed by atoms with Gasteiger partial charge in [-0.1, -0.05) is 13.8 Å². The molecule has 2 amide bonds. The molecule has 7 heteroatoms. The zero-order valence-electron chi connectivity index (χ0n) is 15.2. The topological polar surface area (TPSA) is 47.1 Å². The zero-order chi connectivity index (χ0) is 17.1. The van der Waals surface area contributed by atoms with Crippen molar-refractivity contribution in [2.45, 2.75) is 52.2 Å². The van der Waals surface area contributed by atoms with Crippen LogP contribution in [0.2, 0.25) is 0 Å². The number of rotatable bonds is 2. The zero-order valence-corrected chi connectivity index (χ0v) is 16.0. The van der Waals surface area contributed by atoms with E-state index in [1.54, 1.807) is 6.26 Å². The number of carbonyl (C=O) groups excluding carboxylic acids is 1. The lowest BCUT2D eigenvalue weighted by molar-refractivity contribution is -0.0567. The summed E-state index contributed by atoms with van der Waals surface area (Å²) in [6.45, 7) is 13.3. The van der Waals surface area contributed by atoms with E-state index in [0.717, 1.165) is 32.6 Å². The maximum absolute atomic E-state index is 12.7. The third kappa shape index (κ3) is 3.88. The Labute approximate surface area is 143 Å². The van der Waals surface area contributed by atoms with Gasteiger partial charge in [-0.3, -0.25) is 4.90 Å². The summed E-state index contributed by atoms with van der Waals surface area (Å²) in [5.41, 5.74) is 0. The number of fused-ring (bicyclic) bond motifs is 2. The molecule has 0 aliphatic carbocycles. The van der Waals surface area contributed by atoms with Crippen LogP contribution >= 0.6 is 0 Å². The maximum Gasteiger partial charge on any atom is 0.320 e. The van der Waals surface area contributed by atoms with Crippen LogP contribution in [0.4, 0.5) is 4.79 Å². The Hall–Kier alpha value is -0.660. The molecule has 0 aromatic rings. The number of piperazine rings is 2. The van der Waals surface area contributed by atoms with E-state index in [2.05, 4.69) is 23.6 Å². The fourth-order valence-electron chi connectivity index (χ4n) is 3.68. The van der Waals surface area contributed by atoms with Crippen molar-refractivity contribution in [2.75, 3.05) is 45.5 Å². The van der Waals surface area contributed by atoms with Crippen molar-refractivity contribution in [3.8, 4) is 0 Å². The molecule has 6 nitrogen and oxygen atoms in total. The van der Waals surface area contributed by atoms with E-state index in [1.807, 2.05) is 23.1 Å². The highest BCUT2D eigenvalue weighted by Gasteiger charge is 2.48. The Morgan fingerprint density at radius 2 is 1.57 bits per heavy atom. The summed E-state index contributed by atoms with van der Waals surface area (Å²) in [7, 11) is -0.918. The van der Waals surface area contributed by atoms with Crippen LogP contribution in [0, 0.1) is 0 Å². The molecule has 4 heterocycles. The minimum absolute atomic E-state index is 0.196. The Morgan fingerprint density at radius 3 is 2.00 bits per heavy atom. The molecule has 23 heavy (non-hydrogen) atoms. The van der Waals surface area contributed by atoms with Gasteiger partial charge in [-0.25, -0.2) is 13.3 Å². The van der Waals surface area contributed by atoms with Gasteiger partial charge >= 0.3 is 6.03 Å². The molecule has 4 saturated heterocycles. The predicted octanol–water partition coefficient (Wildman–Crippen LogP) is 1.21. The van der Waals surface area contributed by atoms with Crippen LogP contribution in [0.15, 0.2) is 0 Å². The fraction of sp³-hybridized carbons (Fsp3) is 0.938. The van der Waals surface area contributed by atoms with Crippen molar-refractivity contribution in [3.63, 3.8) is 0 Å². The maximum atomic E-state index is 12.7. The third-order valence-electron chi connectivity index (χ3n) is 5.05. The molecule has 3 unspecified atom stereocenters. The van der Waals surface area contributed by atoms with Crippen molar-refractivity contribution in [3.05, 3.63) is 0 Å². The molecule has 0 saturated carbocycles. The molecular weight excluding hydrogens is 312 g/mol. The molecule has 0 N–H and O–H groups in total. The number of piperidine rings is 1. The minimum Gasteiger partial charge on any atom is -0.322 e. The van der Waals surface area contributed by atoms with Crippen LogP contribution in [0.5, 0.6) is 0 Å². The molecule has 0 aromatic heterocycles. The number of nitrogens with zero attached hydrogens (tertiary/aromatic N) is 4. The van der Waals surface area contributed by atoms with E-state index in [9.17, 15) is 9.00 Å². The molecule has 4 aliphatic rings. The molecule has 4 fully saturated rings. The Kier molecular flexibility index (Phi) is 6.45. The van der Waals surface area contributed by atoms with Crippen LogP contribution in [-0.4, -0.2) is 92.9 Å². The lowest BCUT2D eigenvalue weighted by Gasteiger charge is -2.58. The van der Waals surface area contributed by atoms with Gasteiger partial charge in [-0.2, -0.15) is 0 Å². The molecule has 134 valence electrons. The predicted molar refractivity (Wildman–Crippen MR) is 94.7 cm³/mol. The minimum atomic E-state index is -0.918. The second-order valence-corrected chi connectivity index (χ2v) is 7.98. The van der Waals surface area contributed by atoms with Crippen molar-refractivity contribution in [1.82, 2.24) is 19.0 Å². The average molecular weight is 345 g/mol. The van der Waals surface area contributed by atoms with Gasteiger partial charge < -0.3 is 9.80 Å². The standard InChI is InChI=1S/C14H26N4O2S.C2H6/c1-11(2)16-9-12-8-13(10-16)18(12)14(19)15-4-6-17(7-5-15)21(3)20;1-2/h11-13H,4-10H2,1-3H3;1-2H3. The number of hydrogen-bond donors (Lipinski definition) is 0. The Balaban J connectivity index is 0.000000924. The van der Waals surface area contributed by atoms with Crippen LogP contribution < -0.4 is 0 Å². The van der Waals surface area contributed by atoms with Crippen LogP contribution in [-0.2, 0) is 11.0 Å². The molecule has 0 radical (unpaired) electrons. The fourth-order valence-corrected chi connectivity index (χ4v) is 4.35. The van der Waals surface area contributed by atoms with Gasteiger partial charge in [0.05, 0.1) is 11.0 Å².